The summed E-state index contributed by atoms with van der Waals surface area (Å²) < 4.78 is 0. The molecule has 1 nitrogen and oxygen atoms in total. The number of carbonyl (C=O) groups is 1. The molecule has 0 saturated heterocycles. The molecule has 2 saturated carbocycles. The van der Waals surface area contributed by atoms with E-state index in [9.17, 15) is 4.79 Å². The van der Waals surface area contributed by atoms with Crippen molar-refractivity contribution >= 4 is 5.78 Å². The van der Waals surface area contributed by atoms with Gasteiger partial charge in [-0.25, -0.2) is 0 Å². The quantitative estimate of drug-likeness (QED) is 0.625. The number of hydrogen-bond donors (Lipinski definition) is 0. The van der Waals surface area contributed by atoms with E-state index in [1.807, 2.05) is 0 Å². The first-order valence-corrected chi connectivity index (χ1v) is 6.08. The lowest BCUT2D eigenvalue weighted by Gasteiger charge is -2.47. The zero-order chi connectivity index (χ0) is 10.3. The molecule has 2 bridgehead atoms. The van der Waals surface area contributed by atoms with Crippen molar-refractivity contribution in [2.45, 2.75) is 52.9 Å². The molecule has 0 amide bonds. The van der Waals surface area contributed by atoms with Gasteiger partial charge in [0.1, 0.15) is 5.78 Å². The van der Waals surface area contributed by atoms with Crippen molar-refractivity contribution in [1.29, 1.82) is 0 Å². The molecule has 2 aliphatic carbocycles. The molecule has 0 spiro atoms. The van der Waals surface area contributed by atoms with Crippen LogP contribution in [0.15, 0.2) is 0 Å². The van der Waals surface area contributed by atoms with Gasteiger partial charge < -0.3 is 0 Å². The minimum Gasteiger partial charge on any atom is -0.299 e. The number of Topliss-reactive ketones (excluding diaryl/α,β-unsaturated/α-hetero) is 1. The summed E-state index contributed by atoms with van der Waals surface area (Å²) in [5.41, 5.74) is 0.483. The number of carbonyl (C=O) groups excluding carboxylic acids is 1. The fourth-order valence-corrected chi connectivity index (χ4v) is 3.93. The Hall–Kier alpha value is -0.330. The van der Waals surface area contributed by atoms with Crippen LogP contribution < -0.4 is 0 Å². The van der Waals surface area contributed by atoms with Gasteiger partial charge in [-0.1, -0.05) is 20.8 Å². The van der Waals surface area contributed by atoms with Gasteiger partial charge in [0.25, 0.3) is 0 Å². The Labute approximate surface area is 87.3 Å². The van der Waals surface area contributed by atoms with E-state index in [2.05, 4.69) is 20.8 Å². The van der Waals surface area contributed by atoms with Crippen LogP contribution >= 0.6 is 0 Å². The fraction of sp³-hybridized carbons (Fsp3) is 0.923. The monoisotopic (exact) mass is 194 g/mol. The second kappa shape index (κ2) is 3.36. The highest BCUT2D eigenvalue weighted by molar-refractivity contribution is 5.84. The van der Waals surface area contributed by atoms with Crippen molar-refractivity contribution in [3.05, 3.63) is 0 Å². The second-order valence-electron chi connectivity index (χ2n) is 5.97. The molecule has 0 radical (unpaired) electrons. The Morgan fingerprint density at radius 2 is 2.07 bits per heavy atom. The fourth-order valence-electron chi connectivity index (χ4n) is 3.93. The standard InChI is InChI=1S/C13H22O/c1-4-10-7-13(3)6-9(2)5-11(8-13)12(10)14/h9-11H,4-8H2,1-3H3. The number of rotatable bonds is 1. The van der Waals surface area contributed by atoms with Crippen LogP contribution in [0.4, 0.5) is 0 Å². The normalized spacial score (nSPS) is 47.9. The van der Waals surface area contributed by atoms with Crippen LogP contribution in [0, 0.1) is 23.2 Å². The minimum atomic E-state index is 0.381. The zero-order valence-electron chi connectivity index (χ0n) is 9.68. The van der Waals surface area contributed by atoms with Gasteiger partial charge in [0.2, 0.25) is 0 Å². The predicted octanol–water partition coefficient (Wildman–Crippen LogP) is 3.43. The molecule has 2 rings (SSSR count). The van der Waals surface area contributed by atoms with Crippen LogP contribution in [0.25, 0.3) is 0 Å². The maximum atomic E-state index is 12.1. The maximum absolute atomic E-state index is 12.1. The summed E-state index contributed by atoms with van der Waals surface area (Å²) in [6, 6.07) is 0. The molecule has 4 atom stereocenters. The summed E-state index contributed by atoms with van der Waals surface area (Å²) >= 11 is 0. The minimum absolute atomic E-state index is 0.381. The van der Waals surface area contributed by atoms with Crippen molar-refractivity contribution in [2.24, 2.45) is 23.2 Å². The SMILES string of the molecule is CCC1CC2(C)CC(C)CC(C2)C1=O. The highest BCUT2D eigenvalue weighted by Crippen LogP contribution is 2.51. The lowest BCUT2D eigenvalue weighted by molar-refractivity contribution is -0.137. The number of hydrogen-bond acceptors (Lipinski definition) is 1. The highest BCUT2D eigenvalue weighted by atomic mass is 16.1. The molecule has 0 aromatic carbocycles. The van der Waals surface area contributed by atoms with Gasteiger partial charge in [-0.05, 0) is 43.4 Å². The van der Waals surface area contributed by atoms with E-state index in [1.165, 1.54) is 12.8 Å². The molecule has 80 valence electrons. The lowest BCUT2D eigenvalue weighted by atomic mass is 9.56. The van der Waals surface area contributed by atoms with Gasteiger partial charge in [0, 0.05) is 11.8 Å². The molecule has 0 aromatic rings. The molecule has 1 heteroatoms. The molecule has 0 aliphatic heterocycles. The molecule has 2 aliphatic rings. The summed E-state index contributed by atoms with van der Waals surface area (Å²) in [5.74, 6) is 2.13. The third kappa shape index (κ3) is 1.62. The summed E-state index contributed by atoms with van der Waals surface area (Å²) in [4.78, 5) is 12.1. The van der Waals surface area contributed by atoms with Crippen LogP contribution in [-0.4, -0.2) is 5.78 Å². The van der Waals surface area contributed by atoms with E-state index < -0.39 is 0 Å². The summed E-state index contributed by atoms with van der Waals surface area (Å²) in [5, 5.41) is 0. The van der Waals surface area contributed by atoms with Crippen LogP contribution in [0.2, 0.25) is 0 Å². The van der Waals surface area contributed by atoms with Crippen molar-refractivity contribution in [2.75, 3.05) is 0 Å². The van der Waals surface area contributed by atoms with Gasteiger partial charge in [-0.3, -0.25) is 4.79 Å². The van der Waals surface area contributed by atoms with Crippen molar-refractivity contribution in [1.82, 2.24) is 0 Å². The molecule has 0 heterocycles. The Balaban J connectivity index is 2.20. The third-order valence-corrected chi connectivity index (χ3v) is 4.30. The Morgan fingerprint density at radius 3 is 2.71 bits per heavy atom. The lowest BCUT2D eigenvalue weighted by Crippen LogP contribution is -2.43. The molecule has 0 aromatic heterocycles. The van der Waals surface area contributed by atoms with Gasteiger partial charge >= 0.3 is 0 Å². The van der Waals surface area contributed by atoms with E-state index in [0.29, 0.717) is 23.0 Å². The first-order chi connectivity index (χ1) is 6.54. The molecule has 4 unspecified atom stereocenters. The molecular formula is C13H22O. The second-order valence-corrected chi connectivity index (χ2v) is 5.97. The van der Waals surface area contributed by atoms with Crippen molar-refractivity contribution < 1.29 is 4.79 Å². The molecule has 14 heavy (non-hydrogen) atoms. The van der Waals surface area contributed by atoms with Gasteiger partial charge in [-0.15, -0.1) is 0 Å². The Kier molecular flexibility index (Phi) is 2.45. The smallest absolute Gasteiger partial charge is 0.139 e. The van der Waals surface area contributed by atoms with Crippen molar-refractivity contribution in [3.63, 3.8) is 0 Å². The largest absolute Gasteiger partial charge is 0.299 e. The predicted molar refractivity (Wildman–Crippen MR) is 58.0 cm³/mol. The molecular weight excluding hydrogens is 172 g/mol. The number of ketones is 1. The van der Waals surface area contributed by atoms with Crippen LogP contribution in [0.3, 0.4) is 0 Å². The van der Waals surface area contributed by atoms with E-state index in [-0.39, 0.29) is 0 Å². The van der Waals surface area contributed by atoms with Crippen LogP contribution in [0.5, 0.6) is 0 Å². The molecule has 2 fully saturated rings. The van der Waals surface area contributed by atoms with Gasteiger partial charge in [0.05, 0.1) is 0 Å². The summed E-state index contributed by atoms with van der Waals surface area (Å²) in [6.07, 6.45) is 5.88. The molecule has 0 N–H and O–H groups in total. The summed E-state index contributed by atoms with van der Waals surface area (Å²) in [6.45, 7) is 6.87. The average Bonchev–Trinajstić information content (AvgIpc) is 2.10. The third-order valence-electron chi connectivity index (χ3n) is 4.30. The van der Waals surface area contributed by atoms with E-state index in [0.717, 1.165) is 25.2 Å². The van der Waals surface area contributed by atoms with Crippen molar-refractivity contribution in [3.8, 4) is 0 Å². The summed E-state index contributed by atoms with van der Waals surface area (Å²) in [7, 11) is 0. The maximum Gasteiger partial charge on any atom is 0.139 e. The highest BCUT2D eigenvalue weighted by Gasteiger charge is 2.46. The zero-order valence-corrected chi connectivity index (χ0v) is 9.68. The van der Waals surface area contributed by atoms with Gasteiger partial charge in [-0.2, -0.15) is 0 Å². The van der Waals surface area contributed by atoms with Gasteiger partial charge in [0.15, 0.2) is 0 Å². The van der Waals surface area contributed by atoms with Crippen LogP contribution in [0.1, 0.15) is 52.9 Å². The Bertz CT molecular complexity index is 246. The van der Waals surface area contributed by atoms with E-state index >= 15 is 0 Å². The van der Waals surface area contributed by atoms with E-state index in [1.54, 1.807) is 0 Å². The van der Waals surface area contributed by atoms with Crippen LogP contribution in [-0.2, 0) is 4.79 Å². The topological polar surface area (TPSA) is 17.1 Å². The first kappa shape index (κ1) is 10.2. The first-order valence-electron chi connectivity index (χ1n) is 6.08. The Morgan fingerprint density at radius 1 is 1.36 bits per heavy atom. The number of fused-ring (bicyclic) bond motifs is 2. The van der Waals surface area contributed by atoms with E-state index in [4.69, 9.17) is 0 Å². The average molecular weight is 194 g/mol.